The van der Waals surface area contributed by atoms with E-state index in [4.69, 9.17) is 10.7 Å². The zero-order valence-electron chi connectivity index (χ0n) is 16.7. The lowest BCUT2D eigenvalue weighted by Crippen LogP contribution is -2.61. The van der Waals surface area contributed by atoms with E-state index in [2.05, 4.69) is 13.8 Å². The van der Waals surface area contributed by atoms with E-state index in [0.717, 1.165) is 41.9 Å². The molecule has 0 heterocycles. The Kier molecular flexibility index (Phi) is 3.03. The Morgan fingerprint density at radius 1 is 0.923 bits per heavy atom. The maximum absolute atomic E-state index is 12.3. The largest absolute Gasteiger partial charge is 0.301 e. The second kappa shape index (κ2) is 4.76. The third-order valence-corrected chi connectivity index (χ3v) is 11.6. The predicted molar refractivity (Wildman–Crippen MR) is 99.8 cm³/mol. The third-order valence-electron chi connectivity index (χ3n) is 11.6. The quantitative estimate of drug-likeness (QED) is 0.748. The number of nitrogens with two attached hydrogens (primary N) is 1. The average molecular weight is 358 g/mol. The monoisotopic (exact) mass is 357 g/mol. The van der Waals surface area contributed by atoms with Crippen molar-refractivity contribution in [3.05, 3.63) is 0 Å². The van der Waals surface area contributed by atoms with E-state index in [1.54, 1.807) is 0 Å². The molecule has 0 aromatic carbocycles. The van der Waals surface area contributed by atoms with E-state index in [0.29, 0.717) is 34.1 Å². The highest BCUT2D eigenvalue weighted by Gasteiger charge is 2.87. The van der Waals surface area contributed by atoms with E-state index in [1.807, 2.05) is 6.92 Å². The molecule has 11 unspecified atom stereocenters. The number of ketones is 1. The first-order chi connectivity index (χ1) is 12.4. The molecule has 0 amide bonds. The minimum atomic E-state index is 0.290. The Bertz CT molecular complexity index is 677. The van der Waals surface area contributed by atoms with Crippen LogP contribution in [0.5, 0.6) is 0 Å². The van der Waals surface area contributed by atoms with Crippen molar-refractivity contribution in [1.29, 1.82) is 0 Å². The Labute approximate surface area is 157 Å². The second-order valence-electron chi connectivity index (χ2n) is 11.5. The van der Waals surface area contributed by atoms with Crippen LogP contribution in [0.25, 0.3) is 0 Å². The molecule has 0 radical (unpaired) electrons. The highest BCUT2D eigenvalue weighted by Crippen LogP contribution is 2.91. The summed E-state index contributed by atoms with van der Waals surface area (Å²) in [5.41, 5.74) is 1.39. The minimum absolute atomic E-state index is 0.290. The van der Waals surface area contributed by atoms with Crippen LogP contribution >= 0.6 is 0 Å². The van der Waals surface area contributed by atoms with Crippen LogP contribution in [0.1, 0.15) is 72.1 Å². The molecule has 6 fully saturated rings. The predicted octanol–water partition coefficient (Wildman–Crippen LogP) is 4.35. The maximum atomic E-state index is 12.3. The molecule has 2 N–H and O–H groups in total. The van der Waals surface area contributed by atoms with Crippen LogP contribution in [0, 0.1) is 57.7 Å². The van der Waals surface area contributed by atoms with Gasteiger partial charge < -0.3 is 4.84 Å². The van der Waals surface area contributed by atoms with Gasteiger partial charge in [0.1, 0.15) is 5.78 Å². The van der Waals surface area contributed by atoms with Gasteiger partial charge in [-0.2, -0.15) is 0 Å². The second-order valence-corrected chi connectivity index (χ2v) is 11.5. The highest BCUT2D eigenvalue weighted by atomic mass is 16.6. The summed E-state index contributed by atoms with van der Waals surface area (Å²) >= 11 is 0. The molecule has 6 saturated carbocycles. The number of hydrogen-bond donors (Lipinski definition) is 1. The van der Waals surface area contributed by atoms with Gasteiger partial charge in [-0.3, -0.25) is 4.79 Å². The molecule has 11 atom stereocenters. The Balaban J connectivity index is 1.37. The molecule has 0 bridgehead atoms. The molecule has 0 aromatic rings. The van der Waals surface area contributed by atoms with E-state index in [-0.39, 0.29) is 0 Å². The lowest BCUT2D eigenvalue weighted by atomic mass is 9.40. The molecular formula is C23H35NO2. The summed E-state index contributed by atoms with van der Waals surface area (Å²) in [6, 6.07) is 0. The SMILES string of the molecule is CC(=O)C1CCC2C3CC4C5CC6C(ON)CCC(C)(C3CCC12C)C645. The van der Waals surface area contributed by atoms with Crippen LogP contribution in [-0.2, 0) is 9.63 Å². The number of hydrogen-bond acceptors (Lipinski definition) is 3. The first kappa shape index (κ1) is 16.5. The summed E-state index contributed by atoms with van der Waals surface area (Å²) in [6.07, 6.45) is 10.7. The number of carbonyl (C=O) groups excluding carboxylic acids is 1. The third kappa shape index (κ3) is 1.50. The van der Waals surface area contributed by atoms with Crippen molar-refractivity contribution in [1.82, 2.24) is 0 Å². The van der Waals surface area contributed by atoms with Crippen molar-refractivity contribution < 1.29 is 9.63 Å². The summed E-state index contributed by atoms with van der Waals surface area (Å²) in [4.78, 5) is 17.8. The molecule has 6 aliphatic rings. The van der Waals surface area contributed by atoms with Gasteiger partial charge in [0, 0.05) is 5.92 Å². The van der Waals surface area contributed by atoms with Crippen molar-refractivity contribution in [2.45, 2.75) is 78.2 Å². The van der Waals surface area contributed by atoms with E-state index >= 15 is 0 Å². The molecule has 144 valence electrons. The smallest absolute Gasteiger partial charge is 0.133 e. The van der Waals surface area contributed by atoms with Crippen LogP contribution < -0.4 is 5.90 Å². The summed E-state index contributed by atoms with van der Waals surface area (Å²) in [6.45, 7) is 6.99. The normalized spacial score (nSPS) is 64.5. The summed E-state index contributed by atoms with van der Waals surface area (Å²) in [5, 5.41) is 0. The molecular weight excluding hydrogens is 322 g/mol. The topological polar surface area (TPSA) is 52.3 Å². The number of carbonyl (C=O) groups is 1. The zero-order chi connectivity index (χ0) is 18.1. The van der Waals surface area contributed by atoms with Crippen LogP contribution in [0.2, 0.25) is 0 Å². The van der Waals surface area contributed by atoms with Crippen LogP contribution in [0.3, 0.4) is 0 Å². The molecule has 26 heavy (non-hydrogen) atoms. The summed E-state index contributed by atoms with van der Waals surface area (Å²) in [7, 11) is 0. The molecule has 6 aliphatic carbocycles. The molecule has 3 nitrogen and oxygen atoms in total. The van der Waals surface area contributed by atoms with Gasteiger partial charge in [-0.15, -0.1) is 0 Å². The Hall–Kier alpha value is -0.410. The molecule has 6 rings (SSSR count). The summed E-state index contributed by atoms with van der Waals surface area (Å²) < 4.78 is 0. The standard InChI is InChI=1S/C23H35NO2/c1-12(25)14-4-5-15-13-10-17-18-11-19-20(26-24)7-9-22(3,23(17,18)19)16(13)6-8-21(14,15)2/h13-20H,4-11,24H2,1-3H3. The maximum Gasteiger partial charge on any atom is 0.133 e. The molecule has 1 spiro atoms. The lowest BCUT2D eigenvalue weighted by molar-refractivity contribution is -0.198. The van der Waals surface area contributed by atoms with Crippen molar-refractivity contribution in [3.63, 3.8) is 0 Å². The molecule has 0 saturated heterocycles. The van der Waals surface area contributed by atoms with Gasteiger partial charge in [0.05, 0.1) is 6.10 Å². The van der Waals surface area contributed by atoms with Crippen LogP contribution in [-0.4, -0.2) is 11.9 Å². The Morgan fingerprint density at radius 3 is 2.42 bits per heavy atom. The average Bonchev–Trinajstić information content (AvgIpc) is 2.90. The van der Waals surface area contributed by atoms with Gasteiger partial charge in [-0.05, 0) is 110 Å². The Morgan fingerprint density at radius 2 is 1.69 bits per heavy atom. The van der Waals surface area contributed by atoms with Gasteiger partial charge in [-0.25, -0.2) is 5.90 Å². The van der Waals surface area contributed by atoms with Gasteiger partial charge in [-0.1, -0.05) is 13.8 Å². The first-order valence-corrected chi connectivity index (χ1v) is 11.3. The fraction of sp³-hybridized carbons (Fsp3) is 0.957. The van der Waals surface area contributed by atoms with Gasteiger partial charge in [0.2, 0.25) is 0 Å². The first-order valence-electron chi connectivity index (χ1n) is 11.3. The minimum Gasteiger partial charge on any atom is -0.301 e. The van der Waals surface area contributed by atoms with E-state index in [9.17, 15) is 4.79 Å². The van der Waals surface area contributed by atoms with Crippen molar-refractivity contribution in [2.24, 2.45) is 63.6 Å². The highest BCUT2D eigenvalue weighted by molar-refractivity contribution is 5.79. The van der Waals surface area contributed by atoms with Gasteiger partial charge in [0.25, 0.3) is 0 Å². The van der Waals surface area contributed by atoms with Gasteiger partial charge in [0.15, 0.2) is 0 Å². The van der Waals surface area contributed by atoms with Gasteiger partial charge >= 0.3 is 0 Å². The van der Waals surface area contributed by atoms with Crippen LogP contribution in [0.15, 0.2) is 0 Å². The fourth-order valence-corrected chi connectivity index (χ4v) is 10.8. The van der Waals surface area contributed by atoms with Crippen LogP contribution in [0.4, 0.5) is 0 Å². The van der Waals surface area contributed by atoms with Crippen molar-refractivity contribution in [3.8, 4) is 0 Å². The van der Waals surface area contributed by atoms with E-state index in [1.165, 1.54) is 44.9 Å². The molecule has 0 aliphatic heterocycles. The molecule has 0 aromatic heterocycles. The lowest BCUT2D eigenvalue weighted by Gasteiger charge is -2.65. The number of rotatable bonds is 2. The summed E-state index contributed by atoms with van der Waals surface area (Å²) in [5.74, 6) is 11.7. The van der Waals surface area contributed by atoms with Crippen molar-refractivity contribution in [2.75, 3.05) is 0 Å². The fourth-order valence-electron chi connectivity index (χ4n) is 10.8. The number of fused-ring (bicyclic) bond motifs is 5. The number of Topliss-reactive ketones (excluding diaryl/α,β-unsaturated/α-hetero) is 1. The molecule has 3 heteroatoms. The van der Waals surface area contributed by atoms with Crippen molar-refractivity contribution >= 4 is 5.78 Å². The zero-order valence-corrected chi connectivity index (χ0v) is 16.7. The van der Waals surface area contributed by atoms with E-state index < -0.39 is 0 Å².